The average molecular weight is 356 g/mol. The van der Waals surface area contributed by atoms with Crippen molar-refractivity contribution in [3.8, 4) is 0 Å². The highest BCUT2D eigenvalue weighted by molar-refractivity contribution is 7.10. The Morgan fingerprint density at radius 1 is 1.12 bits per heavy atom. The molecule has 2 fully saturated rings. The van der Waals surface area contributed by atoms with Gasteiger partial charge in [0.15, 0.2) is 0 Å². The molecule has 2 aromatic rings. The monoisotopic (exact) mass is 355 g/mol. The molecule has 0 bridgehead atoms. The number of pyridine rings is 1. The van der Waals surface area contributed by atoms with Crippen LogP contribution in [-0.4, -0.2) is 40.3 Å². The fourth-order valence-corrected chi connectivity index (χ4v) is 4.67. The van der Waals surface area contributed by atoms with Crippen LogP contribution >= 0.6 is 11.3 Å². The molecule has 2 aromatic heterocycles. The van der Waals surface area contributed by atoms with Crippen LogP contribution in [0.5, 0.6) is 0 Å². The van der Waals surface area contributed by atoms with E-state index in [1.54, 1.807) is 11.3 Å². The van der Waals surface area contributed by atoms with E-state index in [0.29, 0.717) is 6.42 Å². The summed E-state index contributed by atoms with van der Waals surface area (Å²) in [5.41, 5.74) is 2.20. The third kappa shape index (κ3) is 3.93. The molecule has 2 aliphatic heterocycles. The second-order valence-corrected chi connectivity index (χ2v) is 8.07. The Bertz CT molecular complexity index is 709. The van der Waals surface area contributed by atoms with E-state index in [1.807, 2.05) is 22.4 Å². The first-order valence-electron chi connectivity index (χ1n) is 9.29. The van der Waals surface area contributed by atoms with Crippen molar-refractivity contribution >= 4 is 17.2 Å². The Balaban J connectivity index is 1.46. The van der Waals surface area contributed by atoms with Gasteiger partial charge in [0.05, 0.1) is 23.9 Å². The molecule has 0 aliphatic carbocycles. The second kappa shape index (κ2) is 7.67. The average Bonchev–Trinajstić information content (AvgIpc) is 3.37. The van der Waals surface area contributed by atoms with Crippen molar-refractivity contribution in [2.45, 2.75) is 44.7 Å². The van der Waals surface area contributed by atoms with Gasteiger partial charge in [-0.3, -0.25) is 14.7 Å². The minimum atomic E-state index is 0.144. The zero-order valence-electron chi connectivity index (χ0n) is 14.6. The number of carbonyl (C=O) groups excluding carboxylic acids is 1. The second-order valence-electron chi connectivity index (χ2n) is 7.04. The number of carbonyl (C=O) groups is 1. The topological polar surface area (TPSA) is 36.4 Å². The number of hydrogen-bond acceptors (Lipinski definition) is 4. The largest absolute Gasteiger partial charge is 0.334 e. The first kappa shape index (κ1) is 16.7. The van der Waals surface area contributed by atoms with Crippen molar-refractivity contribution in [1.82, 2.24) is 14.8 Å². The predicted molar refractivity (Wildman–Crippen MR) is 100 cm³/mol. The predicted octanol–water partition coefficient (Wildman–Crippen LogP) is 3.65. The zero-order valence-corrected chi connectivity index (χ0v) is 15.4. The Morgan fingerprint density at radius 3 is 2.80 bits per heavy atom. The normalized spacial score (nSPS) is 21.1. The molecule has 0 unspecified atom stereocenters. The lowest BCUT2D eigenvalue weighted by Gasteiger charge is -2.25. The number of hydrogen-bond donors (Lipinski definition) is 0. The van der Waals surface area contributed by atoms with Crippen molar-refractivity contribution in [2.75, 3.05) is 19.6 Å². The quantitative estimate of drug-likeness (QED) is 0.821. The van der Waals surface area contributed by atoms with Crippen LogP contribution in [0.4, 0.5) is 0 Å². The highest BCUT2D eigenvalue weighted by Gasteiger charge is 2.31. The van der Waals surface area contributed by atoms with Crippen LogP contribution in [0.2, 0.25) is 0 Å². The maximum atomic E-state index is 12.8. The summed E-state index contributed by atoms with van der Waals surface area (Å²) < 4.78 is 0. The third-order valence-corrected chi connectivity index (χ3v) is 6.11. The van der Waals surface area contributed by atoms with Crippen LogP contribution < -0.4 is 0 Å². The molecule has 25 heavy (non-hydrogen) atoms. The van der Waals surface area contributed by atoms with Crippen LogP contribution in [0, 0.1) is 0 Å². The number of rotatable bonds is 5. The summed E-state index contributed by atoms with van der Waals surface area (Å²) in [6.45, 7) is 4.15. The molecule has 1 atom stereocenters. The first-order chi connectivity index (χ1) is 12.3. The van der Waals surface area contributed by atoms with E-state index in [2.05, 4.69) is 23.1 Å². The number of likely N-dealkylation sites (tertiary alicyclic amines) is 2. The van der Waals surface area contributed by atoms with E-state index >= 15 is 0 Å². The first-order valence-corrected chi connectivity index (χ1v) is 10.2. The fraction of sp³-hybridized carbons (Fsp3) is 0.500. The standard InChI is InChI=1S/C20H25N3OS/c24-20(14-17-7-5-13-25-17)23-12-4-9-19(23)18-8-3-6-16(21-18)15-22-10-1-2-11-22/h3,5-8,13,19H,1-2,4,9-12,14-15H2/t19-/m1/s1. The van der Waals surface area contributed by atoms with Gasteiger partial charge < -0.3 is 4.90 Å². The van der Waals surface area contributed by atoms with Gasteiger partial charge >= 0.3 is 0 Å². The smallest absolute Gasteiger partial charge is 0.228 e. The van der Waals surface area contributed by atoms with Crippen LogP contribution in [0.25, 0.3) is 0 Å². The maximum Gasteiger partial charge on any atom is 0.228 e. The van der Waals surface area contributed by atoms with E-state index in [0.717, 1.165) is 42.2 Å². The minimum Gasteiger partial charge on any atom is -0.334 e. The van der Waals surface area contributed by atoms with Crippen LogP contribution in [0.3, 0.4) is 0 Å². The number of nitrogens with zero attached hydrogens (tertiary/aromatic N) is 3. The van der Waals surface area contributed by atoms with Gasteiger partial charge in [-0.05, 0) is 62.4 Å². The summed E-state index contributed by atoms with van der Waals surface area (Å²) in [5, 5.41) is 2.04. The summed E-state index contributed by atoms with van der Waals surface area (Å²) >= 11 is 1.66. The molecular formula is C20H25N3OS. The van der Waals surface area contributed by atoms with Crippen LogP contribution in [0.15, 0.2) is 35.7 Å². The number of aromatic nitrogens is 1. The van der Waals surface area contributed by atoms with Gasteiger partial charge in [0.25, 0.3) is 0 Å². The maximum absolute atomic E-state index is 12.8. The third-order valence-electron chi connectivity index (χ3n) is 5.23. The van der Waals surface area contributed by atoms with Gasteiger partial charge in [0.2, 0.25) is 5.91 Å². The van der Waals surface area contributed by atoms with Gasteiger partial charge in [0, 0.05) is 18.0 Å². The molecule has 0 aromatic carbocycles. The fourth-order valence-electron chi connectivity index (χ4n) is 3.98. The van der Waals surface area contributed by atoms with E-state index < -0.39 is 0 Å². The minimum absolute atomic E-state index is 0.144. The van der Waals surface area contributed by atoms with Crippen LogP contribution in [0.1, 0.15) is 48.0 Å². The summed E-state index contributed by atoms with van der Waals surface area (Å²) in [6, 6.07) is 10.5. The Hall–Kier alpha value is -1.72. The van der Waals surface area contributed by atoms with Crippen molar-refractivity contribution in [1.29, 1.82) is 0 Å². The molecule has 5 heteroatoms. The lowest BCUT2D eigenvalue weighted by atomic mass is 10.1. The van der Waals surface area contributed by atoms with Crippen molar-refractivity contribution in [2.24, 2.45) is 0 Å². The molecule has 0 N–H and O–H groups in total. The van der Waals surface area contributed by atoms with Crippen molar-refractivity contribution in [3.05, 3.63) is 52.0 Å². The summed E-state index contributed by atoms with van der Waals surface area (Å²) in [4.78, 5) is 23.3. The highest BCUT2D eigenvalue weighted by Crippen LogP contribution is 2.32. The highest BCUT2D eigenvalue weighted by atomic mass is 32.1. The molecule has 0 radical (unpaired) electrons. The Morgan fingerprint density at radius 2 is 2.00 bits per heavy atom. The van der Waals surface area contributed by atoms with E-state index in [9.17, 15) is 4.79 Å². The SMILES string of the molecule is O=C(Cc1cccs1)N1CCC[C@@H]1c1cccc(CN2CCCC2)n1. The molecule has 132 valence electrons. The number of thiophene rings is 1. The summed E-state index contributed by atoms with van der Waals surface area (Å²) in [7, 11) is 0. The Labute approximate surface area is 153 Å². The number of amides is 1. The van der Waals surface area contributed by atoms with E-state index in [-0.39, 0.29) is 11.9 Å². The molecule has 2 saturated heterocycles. The molecule has 2 aliphatic rings. The molecule has 0 saturated carbocycles. The van der Waals surface area contributed by atoms with Gasteiger partial charge in [-0.1, -0.05) is 12.1 Å². The van der Waals surface area contributed by atoms with Crippen molar-refractivity contribution in [3.63, 3.8) is 0 Å². The lowest BCUT2D eigenvalue weighted by Crippen LogP contribution is -2.32. The summed E-state index contributed by atoms with van der Waals surface area (Å²) in [5.74, 6) is 0.233. The van der Waals surface area contributed by atoms with Crippen LogP contribution in [-0.2, 0) is 17.8 Å². The van der Waals surface area contributed by atoms with Crippen molar-refractivity contribution < 1.29 is 4.79 Å². The van der Waals surface area contributed by atoms with Gasteiger partial charge in [-0.15, -0.1) is 11.3 Å². The van der Waals surface area contributed by atoms with Gasteiger partial charge in [0.1, 0.15) is 0 Å². The molecule has 4 nitrogen and oxygen atoms in total. The molecule has 0 spiro atoms. The van der Waals surface area contributed by atoms with E-state index in [4.69, 9.17) is 4.98 Å². The Kier molecular flexibility index (Phi) is 5.13. The molecule has 4 rings (SSSR count). The van der Waals surface area contributed by atoms with Gasteiger partial charge in [-0.25, -0.2) is 0 Å². The summed E-state index contributed by atoms with van der Waals surface area (Å²) in [6.07, 6.45) is 5.21. The zero-order chi connectivity index (χ0) is 17.1. The molecular weight excluding hydrogens is 330 g/mol. The molecule has 1 amide bonds. The van der Waals surface area contributed by atoms with E-state index in [1.165, 1.54) is 25.9 Å². The van der Waals surface area contributed by atoms with Gasteiger partial charge in [-0.2, -0.15) is 0 Å². The molecule has 4 heterocycles. The lowest BCUT2D eigenvalue weighted by molar-refractivity contribution is -0.131.